The molecular weight excluding hydrogens is 542 g/mol. The van der Waals surface area contributed by atoms with E-state index in [0.29, 0.717) is 42.7 Å². The molecule has 3 heterocycles. The molecule has 0 saturated carbocycles. The number of rotatable bonds is 6. The Morgan fingerprint density at radius 3 is 2.72 bits per heavy atom. The maximum Gasteiger partial charge on any atom is 0.338 e. The van der Waals surface area contributed by atoms with Gasteiger partial charge in [0, 0.05) is 22.7 Å². The SMILES string of the molecule is CCOC(=O)C1=C(C)N=c2s/c(=C\c3ccccc3Cl)c(=O)n2[C@@H]1c1ccc(-c2cc([N+](=O)[O-])ccc2C)o1. The summed E-state index contributed by atoms with van der Waals surface area (Å²) in [6.45, 7) is 5.32. The molecule has 0 fully saturated rings. The Bertz CT molecular complexity index is 1850. The van der Waals surface area contributed by atoms with Crippen molar-refractivity contribution in [3.63, 3.8) is 0 Å². The summed E-state index contributed by atoms with van der Waals surface area (Å²) in [6, 6.07) is 14.0. The molecule has 198 valence electrons. The zero-order valence-electron chi connectivity index (χ0n) is 21.1. The number of carbonyl (C=O) groups is 1. The number of aromatic nitrogens is 1. The standard InChI is InChI=1S/C28H22ClN3O6S/c1-4-37-27(34)24-16(3)30-28-31(26(33)23(39-28)13-17-7-5-6-8-20(17)29)25(24)22-12-11-21(38-22)19-14-18(32(35)36)10-9-15(19)2/h5-14,25H,4H2,1-3H3/b23-13-/t25-/m1/s1. The molecule has 2 aromatic heterocycles. The summed E-state index contributed by atoms with van der Waals surface area (Å²) in [7, 11) is 0. The van der Waals surface area contributed by atoms with E-state index in [1.54, 1.807) is 56.3 Å². The second-order valence-corrected chi connectivity index (χ2v) is 10.2. The van der Waals surface area contributed by atoms with Gasteiger partial charge in [0.2, 0.25) is 0 Å². The van der Waals surface area contributed by atoms with Crippen LogP contribution in [0.5, 0.6) is 0 Å². The predicted octanol–water partition coefficient (Wildman–Crippen LogP) is 4.93. The first-order valence-corrected chi connectivity index (χ1v) is 13.2. The van der Waals surface area contributed by atoms with E-state index in [2.05, 4.69) is 4.99 Å². The van der Waals surface area contributed by atoms with Crippen molar-refractivity contribution in [1.82, 2.24) is 4.57 Å². The summed E-state index contributed by atoms with van der Waals surface area (Å²) in [6.07, 6.45) is 1.69. The first kappa shape index (κ1) is 26.3. The predicted molar refractivity (Wildman–Crippen MR) is 147 cm³/mol. The summed E-state index contributed by atoms with van der Waals surface area (Å²) in [4.78, 5) is 42.7. The van der Waals surface area contributed by atoms with Gasteiger partial charge >= 0.3 is 5.97 Å². The van der Waals surface area contributed by atoms with Gasteiger partial charge < -0.3 is 9.15 Å². The largest absolute Gasteiger partial charge is 0.463 e. The number of thiazole rings is 1. The number of non-ortho nitro benzene ring substituents is 1. The van der Waals surface area contributed by atoms with E-state index < -0.39 is 16.9 Å². The molecule has 4 aromatic rings. The minimum absolute atomic E-state index is 0.0796. The number of nitrogens with zero attached hydrogens (tertiary/aromatic N) is 3. The van der Waals surface area contributed by atoms with Crippen molar-refractivity contribution >= 4 is 40.7 Å². The molecule has 1 atom stereocenters. The average Bonchev–Trinajstić information content (AvgIpc) is 3.50. The second-order valence-electron chi connectivity index (χ2n) is 8.78. The zero-order chi connectivity index (χ0) is 27.8. The van der Waals surface area contributed by atoms with Crippen LogP contribution >= 0.6 is 22.9 Å². The Kier molecular flexibility index (Phi) is 7.07. The number of aryl methyl sites for hydroxylation is 1. The highest BCUT2D eigenvalue weighted by Gasteiger charge is 2.35. The Labute approximate surface area is 231 Å². The van der Waals surface area contributed by atoms with Crippen molar-refractivity contribution in [3.8, 4) is 11.3 Å². The number of benzene rings is 2. The summed E-state index contributed by atoms with van der Waals surface area (Å²) in [5, 5.41) is 11.8. The number of halogens is 1. The molecule has 2 aromatic carbocycles. The number of furan rings is 1. The van der Waals surface area contributed by atoms with Gasteiger partial charge in [-0.3, -0.25) is 19.5 Å². The van der Waals surface area contributed by atoms with Crippen LogP contribution in [0.3, 0.4) is 0 Å². The van der Waals surface area contributed by atoms with E-state index in [4.69, 9.17) is 20.8 Å². The topological polar surface area (TPSA) is 117 Å². The Balaban J connectivity index is 1.71. The number of nitro groups is 1. The van der Waals surface area contributed by atoms with Crippen LogP contribution in [0.4, 0.5) is 5.69 Å². The Hall–Kier alpha value is -4.28. The highest BCUT2D eigenvalue weighted by Crippen LogP contribution is 2.36. The molecule has 9 nitrogen and oxygen atoms in total. The van der Waals surface area contributed by atoms with E-state index in [9.17, 15) is 19.7 Å². The van der Waals surface area contributed by atoms with Gasteiger partial charge in [-0.2, -0.15) is 0 Å². The van der Waals surface area contributed by atoms with Gasteiger partial charge in [0.1, 0.15) is 17.6 Å². The lowest BCUT2D eigenvalue weighted by molar-refractivity contribution is -0.384. The fourth-order valence-electron chi connectivity index (χ4n) is 4.43. The van der Waals surface area contributed by atoms with Crippen molar-refractivity contribution in [3.05, 3.63) is 118 Å². The lowest BCUT2D eigenvalue weighted by Crippen LogP contribution is -2.39. The summed E-state index contributed by atoms with van der Waals surface area (Å²) >= 11 is 7.49. The Morgan fingerprint density at radius 2 is 2.00 bits per heavy atom. The number of hydrogen-bond acceptors (Lipinski definition) is 8. The molecule has 5 rings (SSSR count). The number of ether oxygens (including phenoxy) is 1. The maximum atomic E-state index is 13.7. The van der Waals surface area contributed by atoms with Crippen LogP contribution in [0.25, 0.3) is 17.4 Å². The molecule has 0 saturated heterocycles. The second kappa shape index (κ2) is 10.5. The smallest absolute Gasteiger partial charge is 0.338 e. The van der Waals surface area contributed by atoms with Crippen LogP contribution in [-0.4, -0.2) is 22.1 Å². The van der Waals surface area contributed by atoms with Crippen molar-refractivity contribution in [2.24, 2.45) is 4.99 Å². The van der Waals surface area contributed by atoms with Crippen molar-refractivity contribution in [2.45, 2.75) is 26.8 Å². The number of allylic oxidation sites excluding steroid dienone is 1. The van der Waals surface area contributed by atoms with Crippen LogP contribution in [0.15, 0.2) is 80.1 Å². The van der Waals surface area contributed by atoms with Gasteiger partial charge in [0.25, 0.3) is 11.2 Å². The molecule has 1 aliphatic rings. The Morgan fingerprint density at radius 1 is 1.23 bits per heavy atom. The summed E-state index contributed by atoms with van der Waals surface area (Å²) in [5.41, 5.74) is 2.08. The molecule has 0 radical (unpaired) electrons. The molecule has 11 heteroatoms. The van der Waals surface area contributed by atoms with E-state index in [-0.39, 0.29) is 23.4 Å². The van der Waals surface area contributed by atoms with Crippen LogP contribution in [0, 0.1) is 17.0 Å². The van der Waals surface area contributed by atoms with Crippen molar-refractivity contribution in [2.75, 3.05) is 6.61 Å². The number of esters is 1. The minimum atomic E-state index is -0.957. The van der Waals surface area contributed by atoms with Gasteiger partial charge in [-0.1, -0.05) is 47.2 Å². The number of carbonyl (C=O) groups excluding carboxylic acids is 1. The number of fused-ring (bicyclic) bond motifs is 1. The summed E-state index contributed by atoms with van der Waals surface area (Å²) in [5.74, 6) is 0.0366. The minimum Gasteiger partial charge on any atom is -0.463 e. The quantitative estimate of drug-likeness (QED) is 0.186. The third kappa shape index (κ3) is 4.84. The normalized spacial score (nSPS) is 15.2. The fourth-order valence-corrected chi connectivity index (χ4v) is 5.66. The van der Waals surface area contributed by atoms with Gasteiger partial charge in [-0.25, -0.2) is 9.79 Å². The first-order chi connectivity index (χ1) is 18.7. The molecular formula is C28H22ClN3O6S. The number of nitro benzene ring substituents is 1. The lowest BCUT2D eigenvalue weighted by atomic mass is 10.0. The maximum absolute atomic E-state index is 13.7. The van der Waals surface area contributed by atoms with Crippen molar-refractivity contribution < 1.29 is 18.9 Å². The molecule has 1 aliphatic heterocycles. The first-order valence-electron chi connectivity index (χ1n) is 12.0. The molecule has 0 spiro atoms. The molecule has 0 aliphatic carbocycles. The van der Waals surface area contributed by atoms with Gasteiger partial charge in [0.05, 0.1) is 27.3 Å². The fraction of sp³-hybridized carbons (Fsp3) is 0.179. The average molecular weight is 564 g/mol. The van der Waals surface area contributed by atoms with Gasteiger partial charge in [0.15, 0.2) is 4.80 Å². The van der Waals surface area contributed by atoms with Crippen LogP contribution in [0.1, 0.15) is 36.8 Å². The summed E-state index contributed by atoms with van der Waals surface area (Å²) < 4.78 is 13.3. The van der Waals surface area contributed by atoms with Gasteiger partial charge in [-0.15, -0.1) is 0 Å². The third-order valence-electron chi connectivity index (χ3n) is 6.30. The van der Waals surface area contributed by atoms with Crippen LogP contribution in [-0.2, 0) is 9.53 Å². The molecule has 0 amide bonds. The highest BCUT2D eigenvalue weighted by molar-refractivity contribution is 7.07. The molecule has 0 unspecified atom stereocenters. The van der Waals surface area contributed by atoms with Crippen molar-refractivity contribution in [1.29, 1.82) is 0 Å². The van der Waals surface area contributed by atoms with E-state index in [0.717, 1.165) is 5.56 Å². The highest BCUT2D eigenvalue weighted by atomic mass is 35.5. The van der Waals surface area contributed by atoms with Crippen LogP contribution in [0.2, 0.25) is 5.02 Å². The van der Waals surface area contributed by atoms with E-state index in [1.807, 2.05) is 13.0 Å². The van der Waals surface area contributed by atoms with E-state index in [1.165, 1.54) is 28.0 Å². The van der Waals surface area contributed by atoms with Crippen LogP contribution < -0.4 is 14.9 Å². The monoisotopic (exact) mass is 563 g/mol. The molecule has 0 N–H and O–H groups in total. The third-order valence-corrected chi connectivity index (χ3v) is 7.63. The number of hydrogen-bond donors (Lipinski definition) is 0. The molecule has 0 bridgehead atoms. The van der Waals surface area contributed by atoms with Gasteiger partial charge in [-0.05, 0) is 56.2 Å². The molecule has 39 heavy (non-hydrogen) atoms. The zero-order valence-corrected chi connectivity index (χ0v) is 22.7. The van der Waals surface area contributed by atoms with E-state index >= 15 is 0 Å². The lowest BCUT2D eigenvalue weighted by Gasteiger charge is -2.22.